The monoisotopic (exact) mass is 286 g/mol. The van der Waals surface area contributed by atoms with Crippen molar-refractivity contribution in [3.63, 3.8) is 0 Å². The molecule has 0 spiro atoms. The van der Waals surface area contributed by atoms with Gasteiger partial charge in [0.1, 0.15) is 11.6 Å². The number of phenols is 1. The van der Waals surface area contributed by atoms with Crippen molar-refractivity contribution in [2.75, 3.05) is 12.3 Å². The van der Waals surface area contributed by atoms with Crippen molar-refractivity contribution >= 4 is 11.6 Å². The van der Waals surface area contributed by atoms with Crippen LogP contribution in [-0.2, 0) is 13.0 Å². The van der Waals surface area contributed by atoms with Crippen LogP contribution in [0.1, 0.15) is 21.5 Å². The summed E-state index contributed by atoms with van der Waals surface area (Å²) in [6.07, 6.45) is 0.686. The van der Waals surface area contributed by atoms with E-state index >= 15 is 0 Å². The summed E-state index contributed by atoms with van der Waals surface area (Å²) in [5, 5.41) is 9.53. The second kappa shape index (κ2) is 5.09. The van der Waals surface area contributed by atoms with Gasteiger partial charge in [-0.15, -0.1) is 0 Å². The largest absolute Gasteiger partial charge is 0.508 e. The average Bonchev–Trinajstić information content (AvgIpc) is 2.48. The minimum Gasteiger partial charge on any atom is -0.508 e. The highest BCUT2D eigenvalue weighted by atomic mass is 19.1. The van der Waals surface area contributed by atoms with Crippen LogP contribution in [0, 0.1) is 5.82 Å². The van der Waals surface area contributed by atoms with Gasteiger partial charge < -0.3 is 15.7 Å². The number of nitrogens with two attached hydrogens (primary N) is 1. The third-order valence-corrected chi connectivity index (χ3v) is 3.71. The van der Waals surface area contributed by atoms with E-state index in [-0.39, 0.29) is 17.2 Å². The Balaban J connectivity index is 1.88. The van der Waals surface area contributed by atoms with Crippen LogP contribution in [0.15, 0.2) is 36.4 Å². The first-order valence-electron chi connectivity index (χ1n) is 6.69. The Bertz CT molecular complexity index is 715. The summed E-state index contributed by atoms with van der Waals surface area (Å²) in [4.78, 5) is 14.0. The Morgan fingerprint density at radius 3 is 2.81 bits per heavy atom. The molecular formula is C16H15FN2O2. The smallest absolute Gasteiger partial charge is 0.257 e. The van der Waals surface area contributed by atoms with Crippen molar-refractivity contribution in [3.8, 4) is 5.75 Å². The molecule has 0 bridgehead atoms. The van der Waals surface area contributed by atoms with Gasteiger partial charge in [0.25, 0.3) is 5.91 Å². The van der Waals surface area contributed by atoms with E-state index in [4.69, 9.17) is 5.73 Å². The van der Waals surface area contributed by atoms with Gasteiger partial charge in [0, 0.05) is 18.8 Å². The van der Waals surface area contributed by atoms with Crippen molar-refractivity contribution in [1.82, 2.24) is 4.90 Å². The number of carbonyl (C=O) groups excluding carboxylic acids is 1. The number of benzene rings is 2. The van der Waals surface area contributed by atoms with Gasteiger partial charge in [-0.2, -0.15) is 0 Å². The second-order valence-electron chi connectivity index (χ2n) is 5.17. The van der Waals surface area contributed by atoms with Crippen LogP contribution in [0.2, 0.25) is 0 Å². The molecule has 21 heavy (non-hydrogen) atoms. The minimum atomic E-state index is -0.573. The van der Waals surface area contributed by atoms with Crippen molar-refractivity contribution in [2.45, 2.75) is 13.0 Å². The van der Waals surface area contributed by atoms with E-state index in [2.05, 4.69) is 0 Å². The maximum atomic E-state index is 13.8. The number of hydrogen-bond acceptors (Lipinski definition) is 3. The Morgan fingerprint density at radius 1 is 1.19 bits per heavy atom. The molecule has 5 heteroatoms. The first kappa shape index (κ1) is 13.4. The van der Waals surface area contributed by atoms with E-state index in [9.17, 15) is 14.3 Å². The number of nitrogens with zero attached hydrogens (tertiary/aromatic N) is 1. The van der Waals surface area contributed by atoms with Gasteiger partial charge in [-0.1, -0.05) is 6.07 Å². The Kier molecular flexibility index (Phi) is 3.25. The van der Waals surface area contributed by atoms with Gasteiger partial charge in [0.2, 0.25) is 0 Å². The van der Waals surface area contributed by atoms with E-state index in [1.54, 1.807) is 17.0 Å². The molecule has 108 valence electrons. The van der Waals surface area contributed by atoms with Crippen LogP contribution < -0.4 is 5.73 Å². The fourth-order valence-corrected chi connectivity index (χ4v) is 2.59. The lowest BCUT2D eigenvalue weighted by Crippen LogP contribution is -2.36. The molecule has 3 N–H and O–H groups in total. The van der Waals surface area contributed by atoms with Crippen LogP contribution in [-0.4, -0.2) is 22.5 Å². The number of hydrogen-bond donors (Lipinski definition) is 2. The fourth-order valence-electron chi connectivity index (χ4n) is 2.59. The number of phenolic OH excluding ortho intramolecular Hbond substituents is 1. The first-order chi connectivity index (χ1) is 10.0. The average molecular weight is 286 g/mol. The highest BCUT2D eigenvalue weighted by Gasteiger charge is 2.24. The zero-order chi connectivity index (χ0) is 15.0. The molecule has 1 amide bonds. The molecule has 0 aliphatic carbocycles. The molecule has 0 atom stereocenters. The number of anilines is 1. The Hall–Kier alpha value is -2.56. The van der Waals surface area contributed by atoms with Crippen LogP contribution in [0.5, 0.6) is 5.75 Å². The maximum absolute atomic E-state index is 13.8. The van der Waals surface area contributed by atoms with Crippen molar-refractivity contribution < 1.29 is 14.3 Å². The summed E-state index contributed by atoms with van der Waals surface area (Å²) in [6, 6.07) is 9.11. The van der Waals surface area contributed by atoms with Crippen molar-refractivity contribution in [1.29, 1.82) is 0 Å². The van der Waals surface area contributed by atoms with Gasteiger partial charge in [-0.25, -0.2) is 4.39 Å². The summed E-state index contributed by atoms with van der Waals surface area (Å²) in [5.41, 5.74) is 7.95. The zero-order valence-electron chi connectivity index (χ0n) is 11.3. The standard InChI is InChI=1S/C16H15FN2O2/c17-15-4-2-12(18)8-14(15)16(21)19-6-5-10-1-3-13(20)7-11(10)9-19/h1-4,7-8,20H,5-6,9,18H2. The topological polar surface area (TPSA) is 66.6 Å². The molecule has 1 aliphatic rings. The molecule has 1 heterocycles. The van der Waals surface area contributed by atoms with Gasteiger partial charge >= 0.3 is 0 Å². The van der Waals surface area contributed by atoms with Crippen molar-refractivity contribution in [3.05, 3.63) is 58.9 Å². The van der Waals surface area contributed by atoms with Crippen molar-refractivity contribution in [2.24, 2.45) is 0 Å². The van der Waals surface area contributed by atoms with E-state index in [0.29, 0.717) is 25.2 Å². The van der Waals surface area contributed by atoms with Gasteiger partial charge in [-0.3, -0.25) is 4.79 Å². The molecule has 2 aromatic carbocycles. The lowest BCUT2D eigenvalue weighted by molar-refractivity contribution is 0.0729. The minimum absolute atomic E-state index is 0.0152. The van der Waals surface area contributed by atoms with Gasteiger partial charge in [-0.05, 0) is 47.9 Å². The summed E-state index contributed by atoms with van der Waals surface area (Å²) in [6.45, 7) is 0.877. The number of aromatic hydroxyl groups is 1. The van der Waals surface area contributed by atoms with Crippen LogP contribution >= 0.6 is 0 Å². The molecule has 0 fully saturated rings. The SMILES string of the molecule is Nc1ccc(F)c(C(=O)N2CCc3ccc(O)cc3C2)c1. The Morgan fingerprint density at radius 2 is 2.00 bits per heavy atom. The maximum Gasteiger partial charge on any atom is 0.257 e. The number of nitrogen functional groups attached to an aromatic ring is 1. The lowest BCUT2D eigenvalue weighted by atomic mass is 9.98. The number of rotatable bonds is 1. The molecule has 0 saturated carbocycles. The molecule has 0 radical (unpaired) electrons. The van der Waals surface area contributed by atoms with E-state index in [1.807, 2.05) is 6.07 Å². The molecule has 4 nitrogen and oxygen atoms in total. The van der Waals surface area contributed by atoms with Gasteiger partial charge in [0.15, 0.2) is 0 Å². The van der Waals surface area contributed by atoms with E-state index < -0.39 is 5.82 Å². The molecule has 0 aromatic heterocycles. The van der Waals surface area contributed by atoms with E-state index in [0.717, 1.165) is 11.1 Å². The lowest BCUT2D eigenvalue weighted by Gasteiger charge is -2.29. The normalized spacial score (nSPS) is 13.9. The number of halogens is 1. The highest BCUT2D eigenvalue weighted by Crippen LogP contribution is 2.25. The molecule has 2 aromatic rings. The Labute approximate surface area is 121 Å². The predicted octanol–water partition coefficient (Wildman–Crippen LogP) is 2.31. The number of carbonyl (C=O) groups is 1. The predicted molar refractivity (Wildman–Crippen MR) is 77.4 cm³/mol. The number of amides is 1. The molecule has 3 rings (SSSR count). The van der Waals surface area contributed by atoms with Crippen LogP contribution in [0.4, 0.5) is 10.1 Å². The number of fused-ring (bicyclic) bond motifs is 1. The molecule has 0 unspecified atom stereocenters. The highest BCUT2D eigenvalue weighted by molar-refractivity contribution is 5.95. The van der Waals surface area contributed by atoms with E-state index in [1.165, 1.54) is 18.2 Å². The summed E-state index contributed by atoms with van der Waals surface area (Å²) < 4.78 is 13.8. The zero-order valence-corrected chi connectivity index (χ0v) is 11.3. The third kappa shape index (κ3) is 2.54. The first-order valence-corrected chi connectivity index (χ1v) is 6.69. The molecule has 1 aliphatic heterocycles. The molecular weight excluding hydrogens is 271 g/mol. The van der Waals surface area contributed by atoms with Crippen LogP contribution in [0.25, 0.3) is 0 Å². The van der Waals surface area contributed by atoms with Crippen LogP contribution in [0.3, 0.4) is 0 Å². The molecule has 0 saturated heterocycles. The second-order valence-corrected chi connectivity index (χ2v) is 5.17. The third-order valence-electron chi connectivity index (χ3n) is 3.71. The summed E-state index contributed by atoms with van der Waals surface area (Å²) in [7, 11) is 0. The summed E-state index contributed by atoms with van der Waals surface area (Å²) >= 11 is 0. The fraction of sp³-hybridized carbons (Fsp3) is 0.188. The quantitative estimate of drug-likeness (QED) is 0.791. The van der Waals surface area contributed by atoms with Gasteiger partial charge in [0.05, 0.1) is 5.56 Å². The summed E-state index contributed by atoms with van der Waals surface area (Å²) in [5.74, 6) is -0.789.